The lowest BCUT2D eigenvalue weighted by atomic mass is 10.1. The van der Waals surface area contributed by atoms with Gasteiger partial charge >= 0.3 is 17.1 Å². The number of hydrogen-bond acceptors (Lipinski definition) is 9. The van der Waals surface area contributed by atoms with E-state index in [-0.39, 0.29) is 40.5 Å². The van der Waals surface area contributed by atoms with Gasteiger partial charge in [0.1, 0.15) is 24.6 Å². The van der Waals surface area contributed by atoms with Gasteiger partial charge in [0.05, 0.1) is 12.9 Å². The number of aromatic nitrogens is 4. The molecule has 2 saturated heterocycles. The Balaban J connectivity index is 1.49. The third kappa shape index (κ3) is 5.25. The average Bonchev–Trinajstić information content (AvgIpc) is 3.49. The fraction of sp³-hybridized carbons (Fsp3) is 0.586. The number of carbonyl (C=O) groups is 1. The minimum atomic E-state index is -2.94. The number of nitrogens with zero attached hydrogens (tertiary/aromatic N) is 4. The fourth-order valence-corrected chi connectivity index (χ4v) is 17.5. The van der Waals surface area contributed by atoms with Crippen molar-refractivity contribution in [3.8, 4) is 0 Å². The molecule has 2 aliphatic rings. The second-order valence-electron chi connectivity index (χ2n) is 12.5. The van der Waals surface area contributed by atoms with Gasteiger partial charge in [-0.2, -0.15) is 0 Å². The summed E-state index contributed by atoms with van der Waals surface area (Å²) in [5, 5.41) is 14.6. The van der Waals surface area contributed by atoms with Gasteiger partial charge in [0.15, 0.2) is 23.2 Å². The summed E-state index contributed by atoms with van der Waals surface area (Å²) in [6, 6.07) is 8.88. The number of anilines is 1. The number of aliphatic hydroxyl groups is 1. The van der Waals surface area contributed by atoms with E-state index >= 15 is 0 Å². The molecular formula is C29H43N5O6Si2. The average molecular weight is 614 g/mol. The van der Waals surface area contributed by atoms with Crippen molar-refractivity contribution < 1.29 is 27.6 Å². The zero-order chi connectivity index (χ0) is 30.4. The van der Waals surface area contributed by atoms with Gasteiger partial charge in [-0.25, -0.2) is 15.0 Å². The summed E-state index contributed by atoms with van der Waals surface area (Å²) in [5.74, 6) is -0.0345. The number of hydrogen-bond donors (Lipinski definition) is 2. The maximum Gasteiger partial charge on any atom is 0.335 e. The monoisotopic (exact) mass is 613 g/mol. The first-order valence-electron chi connectivity index (χ1n) is 14.8. The first-order valence-corrected chi connectivity index (χ1v) is 18.7. The molecule has 0 saturated carbocycles. The van der Waals surface area contributed by atoms with Crippen LogP contribution in [-0.4, -0.2) is 72.6 Å². The smallest absolute Gasteiger partial charge is 0.335 e. The molecule has 42 heavy (non-hydrogen) atoms. The van der Waals surface area contributed by atoms with Gasteiger partial charge in [0.25, 0.3) is 5.91 Å². The SMILES string of the molecule is CC(C)[Si]1(C(C)C)OC[C@H]2O[C@@H](n3cnc4c(NC(=O)c5ccccc5)ncnc43)[C@H](O)[C@@H]2O[Si](C(C)C)(C(C)C)O1. The van der Waals surface area contributed by atoms with Crippen LogP contribution in [0.25, 0.3) is 11.2 Å². The highest BCUT2D eigenvalue weighted by molar-refractivity contribution is 6.84. The normalized spacial score (nSPS) is 25.6. The Morgan fingerprint density at radius 3 is 2.21 bits per heavy atom. The molecule has 0 bridgehead atoms. The molecular weight excluding hydrogens is 571 g/mol. The number of ether oxygens (including phenoxy) is 1. The molecule has 228 valence electrons. The van der Waals surface area contributed by atoms with Crippen LogP contribution in [-0.2, 0) is 17.7 Å². The van der Waals surface area contributed by atoms with E-state index in [1.54, 1.807) is 35.2 Å². The Labute approximate surface area is 249 Å². The van der Waals surface area contributed by atoms with Crippen molar-refractivity contribution in [2.45, 2.75) is 102 Å². The largest absolute Gasteiger partial charge is 0.414 e. The molecule has 11 nitrogen and oxygen atoms in total. The quantitative estimate of drug-likeness (QED) is 0.341. The molecule has 2 aromatic heterocycles. The van der Waals surface area contributed by atoms with Crippen molar-refractivity contribution in [1.29, 1.82) is 0 Å². The molecule has 4 heterocycles. The third-order valence-corrected chi connectivity index (χ3v) is 18.8. The summed E-state index contributed by atoms with van der Waals surface area (Å²) >= 11 is 0. The first-order chi connectivity index (χ1) is 19.9. The van der Waals surface area contributed by atoms with Gasteiger partial charge in [-0.15, -0.1) is 0 Å². The van der Waals surface area contributed by atoms with Crippen LogP contribution in [0.15, 0.2) is 43.0 Å². The molecule has 4 atom stereocenters. The summed E-state index contributed by atoms with van der Waals surface area (Å²) < 4.78 is 29.3. The number of aliphatic hydroxyl groups excluding tert-OH is 1. The first kappa shape index (κ1) is 30.9. The van der Waals surface area contributed by atoms with Gasteiger partial charge in [0.2, 0.25) is 0 Å². The zero-order valence-corrected chi connectivity index (χ0v) is 27.6. The molecule has 2 aliphatic heterocycles. The van der Waals surface area contributed by atoms with E-state index in [1.807, 2.05) is 6.07 Å². The van der Waals surface area contributed by atoms with E-state index in [0.717, 1.165) is 0 Å². The fourth-order valence-electron chi connectivity index (χ4n) is 6.27. The Hall–Kier alpha value is -2.53. The highest BCUT2D eigenvalue weighted by atomic mass is 28.5. The predicted molar refractivity (Wildman–Crippen MR) is 163 cm³/mol. The lowest BCUT2D eigenvalue weighted by Gasteiger charge is -2.51. The van der Waals surface area contributed by atoms with Crippen molar-refractivity contribution in [2.24, 2.45) is 0 Å². The Bertz CT molecular complexity index is 1390. The van der Waals surface area contributed by atoms with Crippen molar-refractivity contribution in [3.05, 3.63) is 48.5 Å². The summed E-state index contributed by atoms with van der Waals surface area (Å²) in [6.45, 7) is 17.5. The molecule has 2 N–H and O–H groups in total. The van der Waals surface area contributed by atoms with Crippen molar-refractivity contribution >= 4 is 40.0 Å². The molecule has 2 fully saturated rings. The lowest BCUT2D eigenvalue weighted by molar-refractivity contribution is -0.0570. The van der Waals surface area contributed by atoms with Crippen LogP contribution in [0.2, 0.25) is 22.2 Å². The lowest BCUT2D eigenvalue weighted by Crippen LogP contribution is -2.65. The standard InChI is InChI=1S/C29H43N5O6Si2/c1-17(2)41(18(3)4)37-14-22-25(39-42(40-41,19(5)6)20(7)8)24(35)29(38-22)34-16-32-23-26(30-15-31-27(23)34)33-28(36)21-12-10-9-11-13-21/h9-13,15-20,22,24-25,29,35H,14H2,1-8H3,(H,30,31,33,36)/t22-,24-,25-,29-/m1/s1. The third-order valence-electron chi connectivity index (χ3n) is 8.54. The Morgan fingerprint density at radius 2 is 1.60 bits per heavy atom. The van der Waals surface area contributed by atoms with Crippen LogP contribution in [0.1, 0.15) is 72.0 Å². The van der Waals surface area contributed by atoms with Crippen molar-refractivity contribution in [2.75, 3.05) is 11.9 Å². The number of benzene rings is 1. The Morgan fingerprint density at radius 1 is 0.952 bits per heavy atom. The zero-order valence-electron chi connectivity index (χ0n) is 25.6. The highest BCUT2D eigenvalue weighted by Crippen LogP contribution is 2.48. The van der Waals surface area contributed by atoms with Crippen molar-refractivity contribution in [3.63, 3.8) is 0 Å². The van der Waals surface area contributed by atoms with E-state index in [4.69, 9.17) is 17.7 Å². The summed E-state index contributed by atoms with van der Waals surface area (Å²) in [7, 11) is -5.69. The molecule has 5 rings (SSSR count). The molecule has 1 aromatic carbocycles. The molecule has 0 unspecified atom stereocenters. The van der Waals surface area contributed by atoms with E-state index in [0.29, 0.717) is 16.7 Å². The molecule has 3 aromatic rings. The van der Waals surface area contributed by atoms with Crippen LogP contribution in [0.4, 0.5) is 5.82 Å². The minimum Gasteiger partial charge on any atom is -0.414 e. The van der Waals surface area contributed by atoms with Gasteiger partial charge in [-0.3, -0.25) is 9.36 Å². The molecule has 0 spiro atoms. The maximum absolute atomic E-state index is 12.8. The highest BCUT2D eigenvalue weighted by Gasteiger charge is 2.61. The number of rotatable bonds is 7. The summed E-state index contributed by atoms with van der Waals surface area (Å²) in [5.41, 5.74) is 1.95. The molecule has 13 heteroatoms. The van der Waals surface area contributed by atoms with E-state index in [2.05, 4.69) is 75.7 Å². The number of imidazole rings is 1. The van der Waals surface area contributed by atoms with Gasteiger partial charge in [0, 0.05) is 5.56 Å². The van der Waals surface area contributed by atoms with Crippen LogP contribution in [0.5, 0.6) is 0 Å². The number of carbonyl (C=O) groups excluding carboxylic acids is 1. The van der Waals surface area contributed by atoms with Gasteiger partial charge in [-0.1, -0.05) is 73.6 Å². The maximum atomic E-state index is 12.8. The van der Waals surface area contributed by atoms with Crippen LogP contribution >= 0.6 is 0 Å². The van der Waals surface area contributed by atoms with E-state index in [9.17, 15) is 9.90 Å². The summed E-state index contributed by atoms with van der Waals surface area (Å²) in [6.07, 6.45) is -0.125. The second-order valence-corrected chi connectivity index (χ2v) is 21.3. The second kappa shape index (κ2) is 11.9. The van der Waals surface area contributed by atoms with Crippen LogP contribution < -0.4 is 5.32 Å². The Kier molecular flexibility index (Phi) is 8.74. The van der Waals surface area contributed by atoms with Gasteiger partial charge < -0.3 is 28.1 Å². The van der Waals surface area contributed by atoms with E-state index < -0.39 is 41.7 Å². The molecule has 0 aliphatic carbocycles. The van der Waals surface area contributed by atoms with E-state index in [1.165, 1.54) is 6.33 Å². The summed E-state index contributed by atoms with van der Waals surface area (Å²) in [4.78, 5) is 26.0. The van der Waals surface area contributed by atoms with Crippen LogP contribution in [0.3, 0.4) is 0 Å². The molecule has 0 radical (unpaired) electrons. The van der Waals surface area contributed by atoms with Gasteiger partial charge in [-0.05, 0) is 34.3 Å². The minimum absolute atomic E-state index is 0.119. The van der Waals surface area contributed by atoms with Crippen LogP contribution in [0, 0.1) is 0 Å². The number of amides is 1. The topological polar surface area (TPSA) is 130 Å². The number of nitrogens with one attached hydrogen (secondary N) is 1. The molecule has 1 amide bonds. The number of fused-ring (bicyclic) bond motifs is 2. The predicted octanol–water partition coefficient (Wildman–Crippen LogP) is 5.29. The van der Waals surface area contributed by atoms with Crippen molar-refractivity contribution in [1.82, 2.24) is 19.5 Å².